The van der Waals surface area contributed by atoms with Crippen LogP contribution in [0.2, 0.25) is 0 Å². The van der Waals surface area contributed by atoms with Crippen molar-refractivity contribution in [2.75, 3.05) is 7.11 Å². The largest absolute Gasteiger partial charge is 1.00 e. The molecule has 0 radical (unpaired) electrons. The molecular formula is C22H29BNaO3-. The molecule has 0 bridgehead atoms. The summed E-state index contributed by atoms with van der Waals surface area (Å²) in [4.78, 5) is 0. The number of rotatable bonds is 6. The van der Waals surface area contributed by atoms with E-state index in [1.165, 1.54) is 5.56 Å². The third-order valence-corrected chi connectivity index (χ3v) is 5.82. The summed E-state index contributed by atoms with van der Waals surface area (Å²) in [5, 5.41) is 0. The van der Waals surface area contributed by atoms with E-state index in [1.807, 2.05) is 12.1 Å². The minimum absolute atomic E-state index is 0. The summed E-state index contributed by atoms with van der Waals surface area (Å²) in [6.45, 7) is 6.33. The van der Waals surface area contributed by atoms with Crippen molar-refractivity contribution >= 4 is 6.75 Å². The first-order valence-corrected chi connectivity index (χ1v) is 9.32. The van der Waals surface area contributed by atoms with Gasteiger partial charge in [-0.15, -0.1) is 12.1 Å². The van der Waals surface area contributed by atoms with Crippen LogP contribution in [0.1, 0.15) is 51.1 Å². The maximum absolute atomic E-state index is 6.50. The standard InChI is InChI=1S/C22H29BO3.Na/c1-21(2)22(3,4)26-23(24-5,25-21)20(19-14-10-7-11-15-19)17-16-18-12-8-6-9-13-18;/h6-16,20H,17H2,1-5H3;/q-2;+1. The van der Waals surface area contributed by atoms with Crippen molar-refractivity contribution in [3.63, 3.8) is 0 Å². The molecule has 1 atom stereocenters. The van der Waals surface area contributed by atoms with Crippen LogP contribution in [0, 0.1) is 6.42 Å². The van der Waals surface area contributed by atoms with Gasteiger partial charge in [0.15, 0.2) is 0 Å². The average molecular weight is 375 g/mol. The Morgan fingerprint density at radius 2 is 1.37 bits per heavy atom. The predicted octanol–water partition coefficient (Wildman–Crippen LogP) is 2.15. The van der Waals surface area contributed by atoms with E-state index in [2.05, 4.69) is 82.6 Å². The molecule has 2 aromatic carbocycles. The Hall–Kier alpha value is -0.745. The van der Waals surface area contributed by atoms with Gasteiger partial charge in [0.1, 0.15) is 0 Å². The van der Waals surface area contributed by atoms with Gasteiger partial charge >= 0.3 is 36.3 Å². The third kappa shape index (κ3) is 4.64. The maximum atomic E-state index is 6.50. The molecule has 3 nitrogen and oxygen atoms in total. The van der Waals surface area contributed by atoms with E-state index in [-0.39, 0.29) is 35.4 Å². The van der Waals surface area contributed by atoms with Crippen LogP contribution in [0.4, 0.5) is 0 Å². The summed E-state index contributed by atoms with van der Waals surface area (Å²) in [6, 6.07) is 20.7. The molecule has 1 fully saturated rings. The van der Waals surface area contributed by atoms with Crippen molar-refractivity contribution < 1.29 is 43.5 Å². The first-order valence-electron chi connectivity index (χ1n) is 9.32. The van der Waals surface area contributed by atoms with Crippen LogP contribution in [-0.4, -0.2) is 25.1 Å². The zero-order chi connectivity index (χ0) is 18.8. The summed E-state index contributed by atoms with van der Waals surface area (Å²) in [5.74, 6) is -0.0255. The molecule has 2 aromatic rings. The van der Waals surface area contributed by atoms with E-state index in [0.717, 1.165) is 12.0 Å². The molecule has 1 aliphatic heterocycles. The van der Waals surface area contributed by atoms with E-state index in [9.17, 15) is 0 Å². The quantitative estimate of drug-likeness (QED) is 0.572. The molecule has 140 valence electrons. The topological polar surface area (TPSA) is 27.7 Å². The van der Waals surface area contributed by atoms with E-state index in [1.54, 1.807) is 7.11 Å². The summed E-state index contributed by atoms with van der Waals surface area (Å²) >= 11 is 0. The van der Waals surface area contributed by atoms with Crippen LogP contribution in [0.5, 0.6) is 0 Å². The molecule has 0 N–H and O–H groups in total. The first-order chi connectivity index (χ1) is 12.3. The molecular weight excluding hydrogens is 346 g/mol. The Labute approximate surface area is 186 Å². The molecule has 0 aliphatic carbocycles. The Bertz CT molecular complexity index is 703. The molecule has 1 heterocycles. The molecule has 3 rings (SSSR count). The minimum atomic E-state index is -1.94. The SMILES string of the molecule is CO[B-]1(C(C[CH-]c2ccccc2)c2ccccc2)OC(C)(C)C(C)(C)O1.[Na+]. The van der Waals surface area contributed by atoms with Gasteiger partial charge in [-0.2, -0.15) is 24.1 Å². The number of hydrogen-bond acceptors (Lipinski definition) is 3. The summed E-state index contributed by atoms with van der Waals surface area (Å²) < 4.78 is 19.0. The van der Waals surface area contributed by atoms with Crippen molar-refractivity contribution in [3.8, 4) is 0 Å². The van der Waals surface area contributed by atoms with Crippen molar-refractivity contribution in [1.82, 2.24) is 0 Å². The van der Waals surface area contributed by atoms with Gasteiger partial charge in [-0.05, 0) is 34.8 Å². The molecule has 0 saturated carbocycles. The Kier molecular flexibility index (Phi) is 7.29. The maximum Gasteiger partial charge on any atom is 1.00 e. The van der Waals surface area contributed by atoms with Crippen LogP contribution in [0.25, 0.3) is 0 Å². The summed E-state index contributed by atoms with van der Waals surface area (Å²) in [7, 11) is 1.69. The Morgan fingerprint density at radius 1 is 0.889 bits per heavy atom. The van der Waals surface area contributed by atoms with Crippen LogP contribution < -0.4 is 29.6 Å². The van der Waals surface area contributed by atoms with Crippen molar-refractivity contribution in [2.24, 2.45) is 0 Å². The fourth-order valence-electron chi connectivity index (χ4n) is 3.64. The van der Waals surface area contributed by atoms with Crippen molar-refractivity contribution in [1.29, 1.82) is 0 Å². The van der Waals surface area contributed by atoms with Gasteiger partial charge < -0.3 is 14.0 Å². The molecule has 1 unspecified atom stereocenters. The first kappa shape index (κ1) is 22.5. The van der Waals surface area contributed by atoms with Gasteiger partial charge in [0, 0.05) is 11.2 Å². The molecule has 1 saturated heterocycles. The van der Waals surface area contributed by atoms with Crippen molar-refractivity contribution in [2.45, 2.75) is 51.1 Å². The zero-order valence-corrected chi connectivity index (χ0v) is 19.4. The molecule has 27 heavy (non-hydrogen) atoms. The van der Waals surface area contributed by atoms with Gasteiger partial charge in [0.25, 0.3) is 0 Å². The Morgan fingerprint density at radius 3 is 1.85 bits per heavy atom. The molecule has 0 amide bonds. The second kappa shape index (κ2) is 8.73. The van der Waals surface area contributed by atoms with Gasteiger partial charge in [-0.3, -0.25) is 0 Å². The zero-order valence-electron chi connectivity index (χ0n) is 17.4. The van der Waals surface area contributed by atoms with Gasteiger partial charge in [0.05, 0.1) is 0 Å². The third-order valence-electron chi connectivity index (χ3n) is 5.82. The second-order valence-corrected chi connectivity index (χ2v) is 8.06. The predicted molar refractivity (Wildman–Crippen MR) is 107 cm³/mol. The average Bonchev–Trinajstić information content (AvgIpc) is 2.82. The number of benzene rings is 2. The fourth-order valence-corrected chi connectivity index (χ4v) is 3.64. The van der Waals surface area contributed by atoms with Crippen LogP contribution >= 0.6 is 0 Å². The second-order valence-electron chi connectivity index (χ2n) is 8.06. The van der Waals surface area contributed by atoms with E-state index >= 15 is 0 Å². The smallest absolute Gasteiger partial charge is 0.546 e. The van der Waals surface area contributed by atoms with E-state index < -0.39 is 18.0 Å². The van der Waals surface area contributed by atoms with Gasteiger partial charge in [-0.25, -0.2) is 0 Å². The monoisotopic (exact) mass is 375 g/mol. The van der Waals surface area contributed by atoms with Crippen molar-refractivity contribution in [3.05, 3.63) is 78.2 Å². The molecule has 1 aliphatic rings. The van der Waals surface area contributed by atoms with Gasteiger partial charge in [0.2, 0.25) is 0 Å². The molecule has 5 heteroatoms. The van der Waals surface area contributed by atoms with Crippen LogP contribution in [0.15, 0.2) is 60.7 Å². The van der Waals surface area contributed by atoms with Crippen LogP contribution in [0.3, 0.4) is 0 Å². The van der Waals surface area contributed by atoms with E-state index in [0.29, 0.717) is 0 Å². The molecule has 0 spiro atoms. The van der Waals surface area contributed by atoms with E-state index in [4.69, 9.17) is 14.0 Å². The summed E-state index contributed by atoms with van der Waals surface area (Å²) in [6.07, 6.45) is 3.00. The number of hydrogen-bond donors (Lipinski definition) is 0. The Balaban J connectivity index is 0.00000261. The fraction of sp³-hybridized carbons (Fsp3) is 0.409. The van der Waals surface area contributed by atoms with Gasteiger partial charge in [-0.1, -0.05) is 54.2 Å². The molecule has 0 aromatic heterocycles. The van der Waals surface area contributed by atoms with Crippen LogP contribution in [-0.2, 0) is 14.0 Å². The minimum Gasteiger partial charge on any atom is -0.546 e. The summed E-state index contributed by atoms with van der Waals surface area (Å²) in [5.41, 5.74) is 1.47. The normalized spacial score (nSPS) is 20.5.